The number of hydrogen-bond acceptors (Lipinski definition) is 24. The SMILES string of the molecule is CC(=O)SC[C@@H](C)C(=O)N1CCC[C@H]1C(=O)N[C@@H](Cc1ccccc1)C(=O)OC(C)C.CCOC(=O)[C@H](Cc1ccccc1)NC(=O)[C@@H]1CCCN1C(=O)[C@H](C)CSC(C)=O.COC(=O)[C@H](Cc1ccccc1)NC(=O)[C@@H]1CCCN1C(=O)[C@H](C)CSC(C)=O.COc1ccc(C[C@H](NC(=O)[C@@H]2CCCN2C(=O)[C@H](C)CSC(=O)c2ccccc2)C(=O)O)cc1. The highest BCUT2D eigenvalue weighted by molar-refractivity contribution is 8.14. The summed E-state index contributed by atoms with van der Waals surface area (Å²) in [6.45, 7) is 18.8. The molecule has 125 heavy (non-hydrogen) atoms. The van der Waals surface area contributed by atoms with E-state index in [2.05, 4.69) is 21.3 Å². The van der Waals surface area contributed by atoms with Gasteiger partial charge in [-0.2, -0.15) is 0 Å². The van der Waals surface area contributed by atoms with Crippen LogP contribution in [0.1, 0.15) is 153 Å². The van der Waals surface area contributed by atoms with Crippen molar-refractivity contribution in [1.29, 1.82) is 0 Å². The van der Waals surface area contributed by atoms with Crippen LogP contribution in [0.4, 0.5) is 0 Å². The molecule has 0 aliphatic carbocycles. The van der Waals surface area contributed by atoms with Crippen molar-refractivity contribution in [2.75, 3.05) is 70.0 Å². The van der Waals surface area contributed by atoms with Gasteiger partial charge in [-0.1, -0.05) is 208 Å². The fourth-order valence-electron chi connectivity index (χ4n) is 14.3. The first-order chi connectivity index (χ1) is 59.6. The highest BCUT2D eigenvalue weighted by Gasteiger charge is 2.43. The number of aliphatic carboxylic acids is 1. The van der Waals surface area contributed by atoms with Crippen LogP contribution in [0.15, 0.2) is 146 Å². The molecule has 9 rings (SSSR count). The summed E-state index contributed by atoms with van der Waals surface area (Å²) in [6, 6.07) is 37.8. The van der Waals surface area contributed by atoms with E-state index in [0.29, 0.717) is 112 Å². The average molecular weight is 1800 g/mol. The Bertz CT molecular complexity index is 4420. The Morgan fingerprint density at radius 2 is 0.672 bits per heavy atom. The Morgan fingerprint density at radius 1 is 0.384 bits per heavy atom. The van der Waals surface area contributed by atoms with Crippen LogP contribution in [0.3, 0.4) is 0 Å². The maximum Gasteiger partial charge on any atom is 0.329 e. The van der Waals surface area contributed by atoms with Crippen molar-refractivity contribution in [3.05, 3.63) is 173 Å². The minimum Gasteiger partial charge on any atom is -0.497 e. The summed E-state index contributed by atoms with van der Waals surface area (Å²) in [5.41, 5.74) is 4.03. The van der Waals surface area contributed by atoms with Gasteiger partial charge in [-0.15, -0.1) is 0 Å². The second kappa shape index (κ2) is 53.8. The predicted molar refractivity (Wildman–Crippen MR) is 481 cm³/mol. The number of carboxylic acids is 1. The van der Waals surface area contributed by atoms with E-state index in [-0.39, 0.29) is 98.7 Å². The average Bonchev–Trinajstić information content (AvgIpc) is 1.72. The Hall–Kier alpha value is -10.4. The first kappa shape index (κ1) is 103. The van der Waals surface area contributed by atoms with Gasteiger partial charge in [0.1, 0.15) is 54.1 Å². The number of carbonyl (C=O) groups excluding carboxylic acids is 15. The van der Waals surface area contributed by atoms with Crippen LogP contribution < -0.4 is 26.0 Å². The third-order valence-corrected chi connectivity index (χ3v) is 25.2. The van der Waals surface area contributed by atoms with Gasteiger partial charge in [-0.3, -0.25) is 57.5 Å². The molecule has 0 spiro atoms. The number of carbonyl (C=O) groups is 16. The number of amides is 8. The van der Waals surface area contributed by atoms with Gasteiger partial charge < -0.3 is 64.9 Å². The highest BCUT2D eigenvalue weighted by atomic mass is 32.2. The lowest BCUT2D eigenvalue weighted by Crippen LogP contribution is -2.53. The van der Waals surface area contributed by atoms with Gasteiger partial charge in [-0.25, -0.2) is 19.2 Å². The Balaban J connectivity index is 0.000000258. The topological polar surface area (TPSA) is 391 Å². The van der Waals surface area contributed by atoms with Crippen LogP contribution in [-0.4, -0.2) is 241 Å². The molecule has 5 aromatic carbocycles. The molecule has 0 saturated carbocycles. The summed E-state index contributed by atoms with van der Waals surface area (Å²) in [5, 5.41) is 20.4. The van der Waals surface area contributed by atoms with Crippen molar-refractivity contribution in [2.24, 2.45) is 23.7 Å². The largest absolute Gasteiger partial charge is 0.497 e. The number of esters is 3. The molecule has 0 bridgehead atoms. The van der Waals surface area contributed by atoms with Crippen molar-refractivity contribution >= 4 is 139 Å². The lowest BCUT2D eigenvalue weighted by Gasteiger charge is -2.28. The van der Waals surface area contributed by atoms with E-state index in [0.717, 1.165) is 88.6 Å². The number of ether oxygens (including phenoxy) is 4. The molecular weight excluding hydrogens is 1680 g/mol. The highest BCUT2D eigenvalue weighted by Crippen LogP contribution is 2.29. The van der Waals surface area contributed by atoms with E-state index in [9.17, 15) is 81.8 Å². The molecule has 4 aliphatic heterocycles. The number of hydrogen-bond donors (Lipinski definition) is 5. The van der Waals surface area contributed by atoms with Gasteiger partial charge in [-0.05, 0) is 107 Å². The van der Waals surface area contributed by atoms with Gasteiger partial charge in [0, 0.05) is 125 Å². The Morgan fingerprint density at radius 3 is 0.968 bits per heavy atom. The maximum atomic E-state index is 13.1. The van der Waals surface area contributed by atoms with Crippen LogP contribution in [0.5, 0.6) is 5.75 Å². The third kappa shape index (κ3) is 34.5. The van der Waals surface area contributed by atoms with Gasteiger partial charge in [0.05, 0.1) is 26.9 Å². The number of nitrogens with zero attached hydrogens (tertiary/aromatic N) is 4. The Labute approximate surface area is 749 Å². The molecule has 29 nitrogen and oxygen atoms in total. The molecule has 0 radical (unpaired) electrons. The molecule has 0 aromatic heterocycles. The van der Waals surface area contributed by atoms with Crippen molar-refractivity contribution in [3.63, 3.8) is 0 Å². The normalized spacial score (nSPS) is 17.6. The summed E-state index contributed by atoms with van der Waals surface area (Å²) >= 11 is 4.40. The molecule has 4 aliphatic rings. The molecule has 8 amide bonds. The van der Waals surface area contributed by atoms with Gasteiger partial charge >= 0.3 is 23.9 Å². The molecule has 5 aromatic rings. The Kier molecular flexibility index (Phi) is 44.5. The number of benzene rings is 5. The van der Waals surface area contributed by atoms with E-state index in [1.165, 1.54) is 32.8 Å². The van der Waals surface area contributed by atoms with Crippen LogP contribution in [0.2, 0.25) is 0 Å². The van der Waals surface area contributed by atoms with Crippen molar-refractivity contribution in [3.8, 4) is 5.75 Å². The van der Waals surface area contributed by atoms with Crippen LogP contribution >= 0.6 is 47.0 Å². The smallest absolute Gasteiger partial charge is 0.329 e. The summed E-state index contributed by atoms with van der Waals surface area (Å²) in [5.74, 6) is -4.25. The second-order valence-corrected chi connectivity index (χ2v) is 35.8. The molecule has 12 atom stereocenters. The van der Waals surface area contributed by atoms with E-state index in [1.54, 1.807) is 119 Å². The first-order valence-electron chi connectivity index (χ1n) is 42.1. The van der Waals surface area contributed by atoms with Gasteiger partial charge in [0.2, 0.25) is 52.4 Å². The minimum absolute atomic E-state index is 0.0384. The van der Waals surface area contributed by atoms with Gasteiger partial charge in [0.25, 0.3) is 0 Å². The standard InChI is InChI=1S/C26H30N2O6S.C23H32N2O5S.C22H30N2O5S.C21H28N2O5S/c1-17(16-35-26(33)19-7-4-3-5-8-19)24(30)28-14-6-9-22(28)23(29)27-21(25(31)32)15-18-10-12-20(34-2)13-11-18;1-15(2)30-23(29)19(13-18-9-6-5-7-10-18)24-21(27)20-11-8-12-25(20)22(28)16(3)14-31-17(4)26;1-4-29-22(28)18(13-17-9-6-5-7-10-17)23-20(26)19-11-8-12-24(19)21(27)15(2)14-30-16(3)25;1-14(13-29-15(2)24)20(26)23-11-7-10-18(23)19(25)22-17(21(27)28-3)12-16-8-5-4-6-9-16/h3-5,7-8,10-13,17,21-22H,6,9,14-16H2,1-2H3,(H,27,29)(H,31,32);5-7,9-10,15-16,19-20H,8,11-14H2,1-4H3,(H,24,27);5-7,9-10,15,18-19H,4,8,11-14H2,1-3H3,(H,23,26);4-6,8-9,14,17-18H,7,10-13H2,1-3H3,(H,22,25)/t17-,21+,22+;16-,19+,20+;15-,18+,19+;14-,17+,18+/m1111/s1. The van der Waals surface area contributed by atoms with Crippen LogP contribution in [0.25, 0.3) is 0 Å². The third-order valence-electron chi connectivity index (χ3n) is 20.8. The maximum absolute atomic E-state index is 13.1. The molecule has 678 valence electrons. The zero-order valence-electron chi connectivity index (χ0n) is 73.2. The predicted octanol–water partition coefficient (Wildman–Crippen LogP) is 9.56. The fraction of sp³-hybridized carbons (Fsp3) is 0.500. The fourth-order valence-corrected chi connectivity index (χ4v) is 17.0. The molecular formula is C92H120N8O21S4. The molecule has 4 heterocycles. The number of likely N-dealkylation sites (tertiary alicyclic amines) is 4. The second-order valence-electron chi connectivity index (χ2n) is 31.2. The number of carboxylic acid groups (broad SMARTS) is 1. The summed E-state index contributed by atoms with van der Waals surface area (Å²) in [6.07, 6.45) is 5.67. The number of rotatable bonds is 36. The summed E-state index contributed by atoms with van der Waals surface area (Å²) in [7, 11) is 2.83. The zero-order valence-corrected chi connectivity index (χ0v) is 76.5. The molecule has 33 heteroatoms. The quantitative estimate of drug-likeness (QED) is 0.0184. The lowest BCUT2D eigenvalue weighted by molar-refractivity contribution is -0.152. The minimum atomic E-state index is -1.14. The summed E-state index contributed by atoms with van der Waals surface area (Å²) in [4.78, 5) is 205. The van der Waals surface area contributed by atoms with Crippen molar-refractivity contribution < 1.29 is 101 Å². The molecule has 4 fully saturated rings. The zero-order chi connectivity index (χ0) is 91.8. The van der Waals surface area contributed by atoms with E-state index in [1.807, 2.05) is 97.1 Å². The van der Waals surface area contributed by atoms with Crippen molar-refractivity contribution in [2.45, 2.75) is 201 Å². The molecule has 4 saturated heterocycles. The van der Waals surface area contributed by atoms with Crippen LogP contribution in [0, 0.1) is 23.7 Å². The molecule has 0 unspecified atom stereocenters. The monoisotopic (exact) mass is 1800 g/mol. The van der Waals surface area contributed by atoms with Gasteiger partial charge in [0.15, 0.2) is 15.3 Å². The first-order valence-corrected chi connectivity index (χ1v) is 46.1. The van der Waals surface area contributed by atoms with E-state index in [4.69, 9.17) is 18.9 Å². The van der Waals surface area contributed by atoms with Crippen molar-refractivity contribution in [1.82, 2.24) is 40.9 Å². The number of thioether (sulfide) groups is 4. The lowest BCUT2D eigenvalue weighted by atomic mass is 10.0. The van der Waals surface area contributed by atoms with E-state index >= 15 is 0 Å². The number of methoxy groups -OCH3 is 2. The molecule has 5 N–H and O–H groups in total. The number of nitrogens with one attached hydrogen (secondary N) is 4. The summed E-state index contributed by atoms with van der Waals surface area (Å²) < 4.78 is 20.4. The van der Waals surface area contributed by atoms with E-state index < -0.39 is 84.0 Å². The van der Waals surface area contributed by atoms with Crippen LogP contribution in [-0.2, 0) is 112 Å².